The van der Waals surface area contributed by atoms with Crippen LogP contribution in [0.2, 0.25) is 10.0 Å². The van der Waals surface area contributed by atoms with Gasteiger partial charge in [0.15, 0.2) is 0 Å². The van der Waals surface area contributed by atoms with E-state index in [0.717, 1.165) is 62.9 Å². The number of rotatable bonds is 6. The van der Waals surface area contributed by atoms with Gasteiger partial charge in [-0.15, -0.1) is 0 Å². The summed E-state index contributed by atoms with van der Waals surface area (Å²) in [5.41, 5.74) is 1.87. The van der Waals surface area contributed by atoms with E-state index in [1.54, 1.807) is 0 Å². The number of amides is 2. The highest BCUT2D eigenvalue weighted by molar-refractivity contribution is 6.43. The summed E-state index contributed by atoms with van der Waals surface area (Å²) in [5.74, 6) is 0.755. The number of hydrogen-bond acceptors (Lipinski definition) is 3. The SMILES string of the molecule is O=C(Nc1ccccc1)N[C@H]1CC[C@H](CCN2CCN(c3cccc(Cl)c3Cl)CC2)CC1. The van der Waals surface area contributed by atoms with Gasteiger partial charge in [0, 0.05) is 37.9 Å². The number of carbonyl (C=O) groups is 1. The van der Waals surface area contributed by atoms with Gasteiger partial charge >= 0.3 is 6.03 Å². The van der Waals surface area contributed by atoms with Crippen LogP contribution in [0.3, 0.4) is 0 Å². The number of hydrogen-bond donors (Lipinski definition) is 2. The van der Waals surface area contributed by atoms with Crippen molar-refractivity contribution in [2.45, 2.75) is 38.1 Å². The number of nitrogens with one attached hydrogen (secondary N) is 2. The largest absolute Gasteiger partial charge is 0.368 e. The maximum atomic E-state index is 12.2. The normalized spacial score (nSPS) is 21.9. The lowest BCUT2D eigenvalue weighted by atomic mass is 9.84. The zero-order valence-electron chi connectivity index (χ0n) is 18.4. The topological polar surface area (TPSA) is 47.6 Å². The standard InChI is InChI=1S/C25H32Cl2N4O/c26-22-7-4-8-23(24(22)27)31-17-15-30(16-18-31)14-13-19-9-11-21(12-10-19)29-25(32)28-20-5-2-1-3-6-20/h1-8,19,21H,9-18H2,(H2,28,29,32)/t19-,21-. The molecule has 1 aliphatic heterocycles. The van der Waals surface area contributed by atoms with E-state index >= 15 is 0 Å². The van der Waals surface area contributed by atoms with Crippen LogP contribution in [0.1, 0.15) is 32.1 Å². The van der Waals surface area contributed by atoms with Crippen LogP contribution in [-0.4, -0.2) is 49.7 Å². The number of nitrogens with zero attached hydrogens (tertiary/aromatic N) is 2. The van der Waals surface area contributed by atoms with Crippen LogP contribution < -0.4 is 15.5 Å². The molecule has 0 spiro atoms. The minimum atomic E-state index is -0.0997. The lowest BCUT2D eigenvalue weighted by Crippen LogP contribution is -2.47. The van der Waals surface area contributed by atoms with E-state index in [1.165, 1.54) is 19.3 Å². The second-order valence-electron chi connectivity index (χ2n) is 8.87. The Kier molecular flexibility index (Phi) is 8.17. The van der Waals surface area contributed by atoms with E-state index in [2.05, 4.69) is 26.5 Å². The van der Waals surface area contributed by atoms with Crippen molar-refractivity contribution in [3.63, 3.8) is 0 Å². The number of carbonyl (C=O) groups excluding carboxylic acids is 1. The quantitative estimate of drug-likeness (QED) is 0.548. The molecule has 0 atom stereocenters. The number of anilines is 2. The summed E-state index contributed by atoms with van der Waals surface area (Å²) in [5, 5.41) is 7.33. The highest BCUT2D eigenvalue weighted by Gasteiger charge is 2.24. The number of halogens is 2. The molecule has 0 bridgehead atoms. The molecule has 1 saturated heterocycles. The van der Waals surface area contributed by atoms with E-state index in [4.69, 9.17) is 23.2 Å². The molecule has 0 unspecified atom stereocenters. The first-order valence-corrected chi connectivity index (χ1v) is 12.4. The predicted molar refractivity (Wildman–Crippen MR) is 134 cm³/mol. The van der Waals surface area contributed by atoms with Crippen LogP contribution in [0.5, 0.6) is 0 Å². The minimum absolute atomic E-state index is 0.0997. The Morgan fingerprint density at radius 2 is 1.62 bits per heavy atom. The molecule has 4 rings (SSSR count). The van der Waals surface area contributed by atoms with Crippen LogP contribution in [0, 0.1) is 5.92 Å². The van der Waals surface area contributed by atoms with Crippen molar-refractivity contribution >= 4 is 40.6 Å². The van der Waals surface area contributed by atoms with E-state index < -0.39 is 0 Å². The van der Waals surface area contributed by atoms with Crippen LogP contribution in [0.4, 0.5) is 16.2 Å². The van der Waals surface area contributed by atoms with Crippen LogP contribution in [0.25, 0.3) is 0 Å². The lowest BCUT2D eigenvalue weighted by Gasteiger charge is -2.37. The third-order valence-electron chi connectivity index (χ3n) is 6.71. The molecule has 172 valence electrons. The summed E-state index contributed by atoms with van der Waals surface area (Å²) >= 11 is 12.6. The fourth-order valence-electron chi connectivity index (χ4n) is 4.78. The Hall–Kier alpha value is -1.95. The maximum absolute atomic E-state index is 12.2. The molecule has 32 heavy (non-hydrogen) atoms. The van der Waals surface area contributed by atoms with E-state index in [0.29, 0.717) is 10.0 Å². The van der Waals surface area contributed by atoms with Crippen LogP contribution >= 0.6 is 23.2 Å². The summed E-state index contributed by atoms with van der Waals surface area (Å²) in [6, 6.07) is 15.6. The molecule has 1 aliphatic carbocycles. The maximum Gasteiger partial charge on any atom is 0.319 e. The molecule has 1 heterocycles. The minimum Gasteiger partial charge on any atom is -0.368 e. The summed E-state index contributed by atoms with van der Waals surface area (Å²) in [6.07, 6.45) is 5.74. The van der Waals surface area contributed by atoms with Gasteiger partial charge in [0.25, 0.3) is 0 Å². The fourth-order valence-corrected chi connectivity index (χ4v) is 5.20. The molecular weight excluding hydrogens is 443 g/mol. The van der Waals surface area contributed by atoms with E-state index in [-0.39, 0.29) is 12.1 Å². The van der Waals surface area contributed by atoms with Crippen LogP contribution in [-0.2, 0) is 0 Å². The van der Waals surface area contributed by atoms with Gasteiger partial charge in [0.1, 0.15) is 0 Å². The first-order chi connectivity index (χ1) is 15.6. The van der Waals surface area contributed by atoms with Crippen LogP contribution in [0.15, 0.2) is 48.5 Å². The average Bonchev–Trinajstić information content (AvgIpc) is 2.81. The molecule has 2 N–H and O–H groups in total. The number of piperazine rings is 1. The Morgan fingerprint density at radius 1 is 0.906 bits per heavy atom. The Bertz CT molecular complexity index is 879. The highest BCUT2D eigenvalue weighted by atomic mass is 35.5. The molecule has 2 aromatic carbocycles. The van der Waals surface area contributed by atoms with Crippen molar-refractivity contribution in [3.8, 4) is 0 Å². The first-order valence-electron chi connectivity index (χ1n) is 11.6. The van der Waals surface area contributed by atoms with Gasteiger partial charge in [0.05, 0.1) is 15.7 Å². The Balaban J connectivity index is 1.13. The molecule has 0 aromatic heterocycles. The van der Waals surface area contributed by atoms with Crippen molar-refractivity contribution < 1.29 is 4.79 Å². The fraction of sp³-hybridized carbons (Fsp3) is 0.480. The van der Waals surface area contributed by atoms with Crippen molar-refractivity contribution in [3.05, 3.63) is 58.6 Å². The third kappa shape index (κ3) is 6.31. The second-order valence-corrected chi connectivity index (χ2v) is 9.66. The Morgan fingerprint density at radius 3 is 2.34 bits per heavy atom. The van der Waals surface area contributed by atoms with Crippen molar-refractivity contribution in [2.24, 2.45) is 5.92 Å². The zero-order chi connectivity index (χ0) is 22.3. The van der Waals surface area contributed by atoms with Gasteiger partial charge in [-0.3, -0.25) is 4.90 Å². The lowest BCUT2D eigenvalue weighted by molar-refractivity contribution is 0.208. The van der Waals surface area contributed by atoms with Crippen molar-refractivity contribution in [1.82, 2.24) is 10.2 Å². The summed E-state index contributed by atoms with van der Waals surface area (Å²) in [6.45, 7) is 5.22. The van der Waals surface area contributed by atoms with Gasteiger partial charge in [0.2, 0.25) is 0 Å². The summed E-state index contributed by atoms with van der Waals surface area (Å²) in [4.78, 5) is 17.1. The van der Waals surface area contributed by atoms with Crippen molar-refractivity contribution in [2.75, 3.05) is 42.9 Å². The first kappa shape index (κ1) is 23.2. The smallest absolute Gasteiger partial charge is 0.319 e. The zero-order valence-corrected chi connectivity index (χ0v) is 19.9. The average molecular weight is 475 g/mol. The molecule has 2 fully saturated rings. The number of para-hydroxylation sites is 1. The third-order valence-corrected chi connectivity index (χ3v) is 7.52. The van der Waals surface area contributed by atoms with Gasteiger partial charge < -0.3 is 15.5 Å². The van der Waals surface area contributed by atoms with Gasteiger partial charge in [-0.05, 0) is 68.8 Å². The molecule has 2 amide bonds. The van der Waals surface area contributed by atoms with Gasteiger partial charge in [-0.1, -0.05) is 47.5 Å². The number of urea groups is 1. The predicted octanol–water partition coefficient (Wildman–Crippen LogP) is 5.89. The summed E-state index contributed by atoms with van der Waals surface area (Å²) < 4.78 is 0. The highest BCUT2D eigenvalue weighted by Crippen LogP contribution is 2.33. The number of benzene rings is 2. The monoisotopic (exact) mass is 474 g/mol. The second kappa shape index (κ2) is 11.3. The molecule has 1 saturated carbocycles. The van der Waals surface area contributed by atoms with E-state index in [1.807, 2.05) is 42.5 Å². The molecule has 2 aromatic rings. The molecule has 7 heteroatoms. The van der Waals surface area contributed by atoms with Gasteiger partial charge in [-0.25, -0.2) is 4.79 Å². The van der Waals surface area contributed by atoms with Gasteiger partial charge in [-0.2, -0.15) is 0 Å². The molecule has 5 nitrogen and oxygen atoms in total. The Labute approximate surface area is 201 Å². The molecule has 0 radical (unpaired) electrons. The molecule has 2 aliphatic rings. The van der Waals surface area contributed by atoms with E-state index in [9.17, 15) is 4.79 Å². The summed E-state index contributed by atoms with van der Waals surface area (Å²) in [7, 11) is 0. The molecular formula is C25H32Cl2N4O. The van der Waals surface area contributed by atoms with Crippen molar-refractivity contribution in [1.29, 1.82) is 0 Å².